The highest BCUT2D eigenvalue weighted by molar-refractivity contribution is 5.89. The number of nitrogens with one attached hydrogen (secondary N) is 1. The van der Waals surface area contributed by atoms with E-state index < -0.39 is 18.6 Å². The number of halogens is 3. The second-order valence-electron chi connectivity index (χ2n) is 8.59. The van der Waals surface area contributed by atoms with Gasteiger partial charge in [0.2, 0.25) is 11.8 Å². The highest BCUT2D eigenvalue weighted by Gasteiger charge is 2.46. The van der Waals surface area contributed by atoms with Crippen LogP contribution in [0.15, 0.2) is 67.3 Å². The van der Waals surface area contributed by atoms with Gasteiger partial charge in [-0.1, -0.05) is 48.5 Å². The van der Waals surface area contributed by atoms with Gasteiger partial charge >= 0.3 is 12.4 Å². The van der Waals surface area contributed by atoms with Crippen molar-refractivity contribution in [2.75, 3.05) is 26.2 Å². The minimum atomic E-state index is -4.80. The van der Waals surface area contributed by atoms with Crippen LogP contribution >= 0.6 is 0 Å². The maximum absolute atomic E-state index is 13.3. The number of urea groups is 1. The Balaban J connectivity index is 1.51. The van der Waals surface area contributed by atoms with Crippen LogP contribution in [0.3, 0.4) is 0 Å². The molecule has 0 radical (unpaired) electrons. The molecule has 2 heterocycles. The summed E-state index contributed by atoms with van der Waals surface area (Å²) >= 11 is 0. The molecule has 9 nitrogen and oxygen atoms in total. The Labute approximate surface area is 211 Å². The predicted octanol–water partition coefficient (Wildman–Crippen LogP) is 2.71. The zero-order valence-electron chi connectivity index (χ0n) is 19.9. The minimum absolute atomic E-state index is 0.0256. The van der Waals surface area contributed by atoms with Gasteiger partial charge in [0.1, 0.15) is 18.5 Å². The van der Waals surface area contributed by atoms with E-state index in [1.165, 1.54) is 39.1 Å². The van der Waals surface area contributed by atoms with E-state index in [2.05, 4.69) is 16.6 Å². The number of fused-ring (bicyclic) bond motifs is 1. The van der Waals surface area contributed by atoms with Crippen molar-refractivity contribution >= 4 is 17.8 Å². The molecule has 0 bridgehead atoms. The summed E-state index contributed by atoms with van der Waals surface area (Å²) in [6, 6.07) is 14.1. The lowest BCUT2D eigenvalue weighted by Gasteiger charge is -2.52. The average Bonchev–Trinajstić information content (AvgIpc) is 2.85. The van der Waals surface area contributed by atoms with Crippen molar-refractivity contribution in [3.8, 4) is 5.75 Å². The Hall–Kier alpha value is -4.06. The first kappa shape index (κ1) is 26.0. The smallest absolute Gasteiger partial charge is 0.406 e. The van der Waals surface area contributed by atoms with Gasteiger partial charge < -0.3 is 19.9 Å². The van der Waals surface area contributed by atoms with Gasteiger partial charge in [0.05, 0.1) is 13.1 Å². The summed E-state index contributed by atoms with van der Waals surface area (Å²) in [5.41, 5.74) is 1.47. The van der Waals surface area contributed by atoms with E-state index in [-0.39, 0.29) is 56.8 Å². The molecule has 1 unspecified atom stereocenters. The van der Waals surface area contributed by atoms with E-state index in [4.69, 9.17) is 0 Å². The summed E-state index contributed by atoms with van der Waals surface area (Å²) in [6.07, 6.45) is -3.98. The molecule has 0 aliphatic carbocycles. The number of alkyl halides is 3. The molecule has 0 saturated carbocycles. The van der Waals surface area contributed by atoms with Crippen LogP contribution in [0.1, 0.15) is 11.1 Å². The van der Waals surface area contributed by atoms with E-state index in [0.29, 0.717) is 5.56 Å². The van der Waals surface area contributed by atoms with Gasteiger partial charge in [-0.3, -0.25) is 9.59 Å². The molecule has 2 aliphatic heterocycles. The standard InChI is InChI=1S/C25H26F3N5O4/c1-2-12-31-16-23(35)32-17-22(34)30(14-19-8-10-20(11-9-19)37-25(26,27)28)15-21(32)33(31)24(36)29-13-18-6-4-3-5-7-18/h2-11,21H,1,12-17H2,(H,29,36). The summed E-state index contributed by atoms with van der Waals surface area (Å²) in [5.74, 6) is -0.991. The molecule has 37 heavy (non-hydrogen) atoms. The van der Waals surface area contributed by atoms with Crippen molar-refractivity contribution < 1.29 is 32.3 Å². The zero-order valence-corrected chi connectivity index (χ0v) is 19.9. The van der Waals surface area contributed by atoms with Crippen LogP contribution < -0.4 is 10.1 Å². The lowest BCUT2D eigenvalue weighted by molar-refractivity contribution is -0.274. The second kappa shape index (κ2) is 10.9. The monoisotopic (exact) mass is 517 g/mol. The largest absolute Gasteiger partial charge is 0.573 e. The molecule has 1 atom stereocenters. The minimum Gasteiger partial charge on any atom is -0.406 e. The molecule has 2 aromatic rings. The molecule has 0 aromatic heterocycles. The Morgan fingerprint density at radius 3 is 2.38 bits per heavy atom. The Morgan fingerprint density at radius 1 is 1.03 bits per heavy atom. The van der Waals surface area contributed by atoms with Gasteiger partial charge in [0, 0.05) is 19.6 Å². The molecule has 2 fully saturated rings. The Kier molecular flexibility index (Phi) is 7.67. The normalized spacial score (nSPS) is 18.5. The fraction of sp³-hybridized carbons (Fsp3) is 0.320. The fourth-order valence-corrected chi connectivity index (χ4v) is 4.31. The number of carbonyl (C=O) groups excluding carboxylic acids is 3. The first-order valence-corrected chi connectivity index (χ1v) is 11.5. The lowest BCUT2D eigenvalue weighted by Crippen LogP contribution is -2.73. The van der Waals surface area contributed by atoms with Crippen molar-refractivity contribution in [3.05, 3.63) is 78.4 Å². The van der Waals surface area contributed by atoms with Crippen molar-refractivity contribution in [3.63, 3.8) is 0 Å². The number of carbonyl (C=O) groups is 3. The third-order valence-corrected chi connectivity index (χ3v) is 5.99. The second-order valence-corrected chi connectivity index (χ2v) is 8.59. The molecular formula is C25H26F3N5O4. The van der Waals surface area contributed by atoms with E-state index in [9.17, 15) is 27.6 Å². The number of piperazine rings is 1. The third-order valence-electron chi connectivity index (χ3n) is 5.99. The number of rotatable bonds is 7. The molecule has 2 aliphatic rings. The van der Waals surface area contributed by atoms with Crippen LogP contribution in [-0.4, -0.2) is 76.4 Å². The van der Waals surface area contributed by atoms with Crippen molar-refractivity contribution in [2.24, 2.45) is 0 Å². The first-order chi connectivity index (χ1) is 17.6. The number of amides is 4. The Bertz CT molecular complexity index is 1140. The van der Waals surface area contributed by atoms with Crippen LogP contribution in [0.5, 0.6) is 5.75 Å². The summed E-state index contributed by atoms with van der Waals surface area (Å²) in [6.45, 7) is 4.03. The SMILES string of the molecule is C=CCN1CC(=O)N2CC(=O)N(Cc3ccc(OC(F)(F)F)cc3)CC2N1C(=O)NCc1ccccc1. The van der Waals surface area contributed by atoms with Crippen LogP contribution in [0.25, 0.3) is 0 Å². The number of benzene rings is 2. The molecule has 12 heteroatoms. The number of hydrazine groups is 1. The number of hydrogen-bond donors (Lipinski definition) is 1. The van der Waals surface area contributed by atoms with Gasteiger partial charge in [0.25, 0.3) is 0 Å². The Morgan fingerprint density at radius 2 is 1.73 bits per heavy atom. The van der Waals surface area contributed by atoms with Gasteiger partial charge in [-0.2, -0.15) is 0 Å². The quantitative estimate of drug-likeness (QED) is 0.571. The highest BCUT2D eigenvalue weighted by Crippen LogP contribution is 2.26. The topological polar surface area (TPSA) is 85.4 Å². The van der Waals surface area contributed by atoms with Gasteiger partial charge in [-0.05, 0) is 23.3 Å². The molecule has 2 saturated heterocycles. The molecule has 0 spiro atoms. The molecule has 4 amide bonds. The number of hydrogen-bond acceptors (Lipinski definition) is 5. The summed E-state index contributed by atoms with van der Waals surface area (Å²) in [5, 5.41) is 5.88. The number of ether oxygens (including phenoxy) is 1. The molecule has 196 valence electrons. The third kappa shape index (κ3) is 6.39. The highest BCUT2D eigenvalue weighted by atomic mass is 19.4. The van der Waals surface area contributed by atoms with Gasteiger partial charge in [-0.15, -0.1) is 19.8 Å². The predicted molar refractivity (Wildman–Crippen MR) is 126 cm³/mol. The van der Waals surface area contributed by atoms with Crippen LogP contribution in [0.2, 0.25) is 0 Å². The van der Waals surface area contributed by atoms with Crippen LogP contribution in [0, 0.1) is 0 Å². The summed E-state index contributed by atoms with van der Waals surface area (Å²) < 4.78 is 41.2. The van der Waals surface area contributed by atoms with Crippen LogP contribution in [0.4, 0.5) is 18.0 Å². The lowest BCUT2D eigenvalue weighted by atomic mass is 10.1. The molecule has 4 rings (SSSR count). The van der Waals surface area contributed by atoms with E-state index >= 15 is 0 Å². The molecule has 2 aromatic carbocycles. The molecule has 1 N–H and O–H groups in total. The van der Waals surface area contributed by atoms with E-state index in [0.717, 1.165) is 5.56 Å². The summed E-state index contributed by atoms with van der Waals surface area (Å²) in [4.78, 5) is 41.9. The summed E-state index contributed by atoms with van der Waals surface area (Å²) in [7, 11) is 0. The average molecular weight is 518 g/mol. The van der Waals surface area contributed by atoms with Gasteiger partial charge in [0.15, 0.2) is 0 Å². The van der Waals surface area contributed by atoms with E-state index in [1.54, 1.807) is 11.1 Å². The maximum atomic E-state index is 13.3. The van der Waals surface area contributed by atoms with Gasteiger partial charge in [-0.25, -0.2) is 14.8 Å². The van der Waals surface area contributed by atoms with Crippen molar-refractivity contribution in [1.29, 1.82) is 0 Å². The van der Waals surface area contributed by atoms with E-state index in [1.807, 2.05) is 30.3 Å². The fourth-order valence-electron chi connectivity index (χ4n) is 4.31. The van der Waals surface area contributed by atoms with Crippen molar-refractivity contribution in [2.45, 2.75) is 25.6 Å². The van der Waals surface area contributed by atoms with Crippen LogP contribution in [-0.2, 0) is 22.7 Å². The maximum Gasteiger partial charge on any atom is 0.573 e. The first-order valence-electron chi connectivity index (χ1n) is 11.5. The molecular weight excluding hydrogens is 491 g/mol. The zero-order chi connectivity index (χ0) is 26.6. The van der Waals surface area contributed by atoms with Crippen molar-refractivity contribution in [1.82, 2.24) is 25.1 Å². The number of nitrogens with zero attached hydrogens (tertiary/aromatic N) is 4.